The second-order valence-electron chi connectivity index (χ2n) is 9.97. The first-order valence-electron chi connectivity index (χ1n) is 11.9. The second-order valence-corrected chi connectivity index (χ2v) is 13.5. The zero-order valence-electron chi connectivity index (χ0n) is 20.8. The molecule has 2 fully saturated rings. The molecular weight excluding hydrogens is 535 g/mol. The number of aromatic nitrogens is 5. The summed E-state index contributed by atoms with van der Waals surface area (Å²) < 4.78 is 71.9. The van der Waals surface area contributed by atoms with E-state index in [-0.39, 0.29) is 42.4 Å². The lowest BCUT2D eigenvalue weighted by molar-refractivity contribution is 0.267. The molecule has 1 saturated heterocycles. The Hall–Kier alpha value is -3.20. The summed E-state index contributed by atoms with van der Waals surface area (Å²) >= 11 is 0. The van der Waals surface area contributed by atoms with E-state index >= 15 is 0 Å². The average molecular weight is 561 g/mol. The molecule has 14 heteroatoms. The van der Waals surface area contributed by atoms with Gasteiger partial charge in [0.1, 0.15) is 5.82 Å². The van der Waals surface area contributed by atoms with Crippen molar-refractivity contribution in [3.05, 3.63) is 65.7 Å². The van der Waals surface area contributed by atoms with Crippen molar-refractivity contribution in [2.24, 2.45) is 18.9 Å². The lowest BCUT2D eigenvalue weighted by Gasteiger charge is -2.24. The van der Waals surface area contributed by atoms with Crippen LogP contribution in [0.25, 0.3) is 16.6 Å². The molecule has 3 heterocycles. The van der Waals surface area contributed by atoms with Crippen LogP contribution in [0.2, 0.25) is 0 Å². The van der Waals surface area contributed by atoms with Crippen LogP contribution in [0, 0.1) is 24.6 Å². The molecule has 200 valence electrons. The SMILES string of the molecule is Cc1cc2c(cnn2-c2ccc(F)cc2)cc1C12CN(S(=O)(=O)c3cnn(C)n3)CC1C2COS(C)(=O)=O. The normalized spacial score (nSPS) is 23.7. The highest BCUT2D eigenvalue weighted by atomic mass is 32.2. The molecule has 38 heavy (non-hydrogen) atoms. The fourth-order valence-electron chi connectivity index (χ4n) is 5.88. The van der Waals surface area contributed by atoms with Gasteiger partial charge in [-0.25, -0.2) is 17.5 Å². The maximum Gasteiger partial charge on any atom is 0.264 e. The Morgan fingerprint density at radius 1 is 1.11 bits per heavy atom. The van der Waals surface area contributed by atoms with Gasteiger partial charge < -0.3 is 0 Å². The molecule has 3 unspecified atom stereocenters. The Morgan fingerprint density at radius 2 is 1.84 bits per heavy atom. The summed E-state index contributed by atoms with van der Waals surface area (Å²) in [4.78, 5) is 1.19. The van der Waals surface area contributed by atoms with Crippen molar-refractivity contribution in [2.45, 2.75) is 17.4 Å². The van der Waals surface area contributed by atoms with Crippen molar-refractivity contribution in [3.8, 4) is 5.69 Å². The molecule has 0 radical (unpaired) electrons. The average Bonchev–Trinajstić information content (AvgIpc) is 3.30. The van der Waals surface area contributed by atoms with Gasteiger partial charge >= 0.3 is 0 Å². The van der Waals surface area contributed by atoms with E-state index in [0.29, 0.717) is 5.69 Å². The van der Waals surface area contributed by atoms with Gasteiger partial charge in [0.25, 0.3) is 20.1 Å². The summed E-state index contributed by atoms with van der Waals surface area (Å²) in [6.45, 7) is 2.28. The van der Waals surface area contributed by atoms with Gasteiger partial charge in [-0.3, -0.25) is 4.18 Å². The Morgan fingerprint density at radius 3 is 2.50 bits per heavy atom. The minimum absolute atomic E-state index is 0.0329. The van der Waals surface area contributed by atoms with Gasteiger partial charge in [0.15, 0.2) is 0 Å². The van der Waals surface area contributed by atoms with Crippen molar-refractivity contribution >= 4 is 31.0 Å². The highest BCUT2D eigenvalue weighted by Crippen LogP contribution is 2.65. The van der Waals surface area contributed by atoms with Crippen molar-refractivity contribution in [1.82, 2.24) is 29.1 Å². The molecule has 6 rings (SSSR count). The van der Waals surface area contributed by atoms with E-state index in [9.17, 15) is 21.2 Å². The summed E-state index contributed by atoms with van der Waals surface area (Å²) in [5, 5.41) is 13.1. The lowest BCUT2D eigenvalue weighted by atomic mass is 9.88. The van der Waals surface area contributed by atoms with E-state index in [2.05, 4.69) is 15.3 Å². The van der Waals surface area contributed by atoms with Crippen LogP contribution in [0.5, 0.6) is 0 Å². The molecular formula is C24H25FN6O5S2. The number of sulfonamides is 1. The van der Waals surface area contributed by atoms with E-state index in [0.717, 1.165) is 28.3 Å². The molecule has 0 N–H and O–H groups in total. The van der Waals surface area contributed by atoms with Gasteiger partial charge in [0, 0.05) is 30.9 Å². The summed E-state index contributed by atoms with van der Waals surface area (Å²) in [7, 11) is -6.01. The number of fused-ring (bicyclic) bond motifs is 2. The molecule has 11 nitrogen and oxygen atoms in total. The Labute approximate surface area is 219 Å². The minimum atomic E-state index is -3.89. The molecule has 3 atom stereocenters. The van der Waals surface area contributed by atoms with Crippen LogP contribution in [0.4, 0.5) is 4.39 Å². The predicted molar refractivity (Wildman–Crippen MR) is 135 cm³/mol. The molecule has 1 aliphatic carbocycles. The zero-order valence-corrected chi connectivity index (χ0v) is 22.4. The van der Waals surface area contributed by atoms with Crippen LogP contribution in [-0.4, -0.2) is 71.9 Å². The fraction of sp³-hybridized carbons (Fsp3) is 0.375. The first kappa shape index (κ1) is 25.1. The Bertz CT molecular complexity index is 1780. The molecule has 0 bridgehead atoms. The third kappa shape index (κ3) is 3.94. The number of halogens is 1. The van der Waals surface area contributed by atoms with Gasteiger partial charge in [-0.05, 0) is 66.3 Å². The number of hydrogen-bond donors (Lipinski definition) is 0. The third-order valence-electron chi connectivity index (χ3n) is 7.67. The van der Waals surface area contributed by atoms with E-state index < -0.39 is 25.6 Å². The monoisotopic (exact) mass is 560 g/mol. The highest BCUT2D eigenvalue weighted by Gasteiger charge is 2.71. The maximum absolute atomic E-state index is 13.4. The van der Waals surface area contributed by atoms with Gasteiger partial charge in [-0.15, -0.1) is 5.10 Å². The van der Waals surface area contributed by atoms with Gasteiger partial charge in [-0.1, -0.05) is 0 Å². The van der Waals surface area contributed by atoms with Crippen molar-refractivity contribution in [2.75, 3.05) is 26.0 Å². The fourth-order valence-corrected chi connectivity index (χ4v) is 7.68. The molecule has 0 amide bonds. The van der Waals surface area contributed by atoms with Crippen LogP contribution in [-0.2, 0) is 36.8 Å². The summed E-state index contributed by atoms with van der Waals surface area (Å²) in [6.07, 6.45) is 3.93. The number of hydrogen-bond acceptors (Lipinski definition) is 8. The summed E-state index contributed by atoms with van der Waals surface area (Å²) in [5.74, 6) is -0.667. The summed E-state index contributed by atoms with van der Waals surface area (Å²) in [5.41, 5.74) is 2.73. The number of piperidine rings is 1. The van der Waals surface area contributed by atoms with E-state index in [4.69, 9.17) is 4.18 Å². The van der Waals surface area contributed by atoms with Gasteiger partial charge in [0.2, 0.25) is 5.03 Å². The second kappa shape index (κ2) is 8.40. The van der Waals surface area contributed by atoms with E-state index in [1.807, 2.05) is 19.1 Å². The number of rotatable bonds is 7. The number of benzene rings is 2. The molecule has 0 spiro atoms. The van der Waals surface area contributed by atoms with E-state index in [1.165, 1.54) is 27.4 Å². The highest BCUT2D eigenvalue weighted by molar-refractivity contribution is 7.89. The maximum atomic E-state index is 13.4. The minimum Gasteiger partial charge on any atom is -0.270 e. The molecule has 2 aliphatic rings. The van der Waals surface area contributed by atoms with Crippen molar-refractivity contribution < 1.29 is 25.4 Å². The molecule has 2 aromatic heterocycles. The largest absolute Gasteiger partial charge is 0.270 e. The first-order valence-corrected chi connectivity index (χ1v) is 15.1. The number of aryl methyl sites for hydroxylation is 2. The molecule has 1 aliphatic heterocycles. The van der Waals surface area contributed by atoms with Gasteiger partial charge in [0.05, 0.1) is 36.5 Å². The standard InChI is InChI=1S/C24H25FN6O5S2/c1-15-8-22-16(10-27-31(22)18-6-4-17(25)5-7-18)9-19(15)24-14-30(38(34,35)23-11-26-29(2)28-23)12-20(24)21(24)13-36-37(3,32)33/h4-11,20-21H,12-14H2,1-3H3. The topological polar surface area (TPSA) is 129 Å². The lowest BCUT2D eigenvalue weighted by Crippen LogP contribution is -2.36. The molecule has 1 saturated carbocycles. The smallest absolute Gasteiger partial charge is 0.264 e. The molecule has 4 aromatic rings. The van der Waals surface area contributed by atoms with Crippen molar-refractivity contribution in [3.63, 3.8) is 0 Å². The Balaban J connectivity index is 1.40. The van der Waals surface area contributed by atoms with E-state index in [1.54, 1.807) is 30.1 Å². The predicted octanol–water partition coefficient (Wildman–Crippen LogP) is 1.77. The van der Waals surface area contributed by atoms with Crippen LogP contribution < -0.4 is 0 Å². The number of nitrogens with zero attached hydrogens (tertiary/aromatic N) is 6. The zero-order chi connectivity index (χ0) is 27.0. The quantitative estimate of drug-likeness (QED) is 0.313. The van der Waals surface area contributed by atoms with Gasteiger partial charge in [-0.2, -0.15) is 27.7 Å². The van der Waals surface area contributed by atoms with Crippen LogP contribution in [0.3, 0.4) is 0 Å². The van der Waals surface area contributed by atoms with Crippen LogP contribution in [0.1, 0.15) is 11.1 Å². The first-order chi connectivity index (χ1) is 17.9. The third-order valence-corrected chi connectivity index (χ3v) is 9.91. The molecule has 2 aromatic carbocycles. The van der Waals surface area contributed by atoms with Crippen LogP contribution in [0.15, 0.2) is 53.8 Å². The summed E-state index contributed by atoms with van der Waals surface area (Å²) in [6, 6.07) is 9.99. The van der Waals surface area contributed by atoms with Crippen LogP contribution >= 0.6 is 0 Å². The Kier molecular flexibility index (Phi) is 5.55. The van der Waals surface area contributed by atoms with Crippen molar-refractivity contribution in [1.29, 1.82) is 0 Å².